The van der Waals surface area contributed by atoms with Crippen LogP contribution in [0.1, 0.15) is 19.7 Å². The van der Waals surface area contributed by atoms with Crippen molar-refractivity contribution in [2.45, 2.75) is 20.4 Å². The standard InChI is InChI=1S/C13H18N4O2S/c1-3-14-11(18)8-17(4-2)9-12-15-16-13(19-12)10-6-5-7-20-10/h5-7H,3-4,8-9H2,1-2H3,(H,14,18). The van der Waals surface area contributed by atoms with Crippen LogP contribution in [0.4, 0.5) is 0 Å². The van der Waals surface area contributed by atoms with Gasteiger partial charge in [-0.15, -0.1) is 21.5 Å². The lowest BCUT2D eigenvalue weighted by molar-refractivity contribution is -0.122. The quantitative estimate of drug-likeness (QED) is 0.842. The lowest BCUT2D eigenvalue weighted by atomic mass is 10.4. The number of hydrogen-bond donors (Lipinski definition) is 1. The number of hydrogen-bond acceptors (Lipinski definition) is 6. The summed E-state index contributed by atoms with van der Waals surface area (Å²) in [5, 5.41) is 12.8. The van der Waals surface area contributed by atoms with Gasteiger partial charge in [0.2, 0.25) is 11.8 Å². The third-order valence-electron chi connectivity index (χ3n) is 2.75. The first-order valence-corrected chi connectivity index (χ1v) is 7.46. The van der Waals surface area contributed by atoms with Crippen molar-refractivity contribution in [2.24, 2.45) is 0 Å². The van der Waals surface area contributed by atoms with Crippen molar-refractivity contribution in [1.82, 2.24) is 20.4 Å². The van der Waals surface area contributed by atoms with Crippen LogP contribution in [0.3, 0.4) is 0 Å². The Bertz CT molecular complexity index is 538. The topological polar surface area (TPSA) is 71.3 Å². The van der Waals surface area contributed by atoms with Gasteiger partial charge in [-0.25, -0.2) is 0 Å². The van der Waals surface area contributed by atoms with Crippen LogP contribution in [-0.4, -0.2) is 40.6 Å². The van der Waals surface area contributed by atoms with Crippen molar-refractivity contribution >= 4 is 17.2 Å². The molecule has 108 valence electrons. The fourth-order valence-corrected chi connectivity index (χ4v) is 2.39. The Hall–Kier alpha value is -1.73. The maximum absolute atomic E-state index is 11.6. The Labute approximate surface area is 121 Å². The highest BCUT2D eigenvalue weighted by Gasteiger charge is 2.14. The molecule has 20 heavy (non-hydrogen) atoms. The monoisotopic (exact) mass is 294 g/mol. The van der Waals surface area contributed by atoms with Crippen LogP contribution in [0.2, 0.25) is 0 Å². The molecule has 0 saturated carbocycles. The molecule has 2 aromatic rings. The number of carbonyl (C=O) groups is 1. The number of likely N-dealkylation sites (N-methyl/N-ethyl adjacent to an activating group) is 2. The minimum atomic E-state index is 0.00680. The largest absolute Gasteiger partial charge is 0.419 e. The molecule has 0 aliphatic heterocycles. The summed E-state index contributed by atoms with van der Waals surface area (Å²) < 4.78 is 5.62. The van der Waals surface area contributed by atoms with E-state index >= 15 is 0 Å². The molecule has 2 aromatic heterocycles. The van der Waals surface area contributed by atoms with Gasteiger partial charge in [-0.1, -0.05) is 13.0 Å². The van der Waals surface area contributed by atoms with Crippen molar-refractivity contribution in [3.63, 3.8) is 0 Å². The van der Waals surface area contributed by atoms with E-state index in [1.165, 1.54) is 0 Å². The van der Waals surface area contributed by atoms with E-state index in [1.54, 1.807) is 11.3 Å². The first kappa shape index (κ1) is 14.7. The van der Waals surface area contributed by atoms with Crippen LogP contribution in [0, 0.1) is 0 Å². The highest BCUT2D eigenvalue weighted by molar-refractivity contribution is 7.13. The van der Waals surface area contributed by atoms with Gasteiger partial charge in [0.15, 0.2) is 0 Å². The van der Waals surface area contributed by atoms with Crippen molar-refractivity contribution in [3.05, 3.63) is 23.4 Å². The van der Waals surface area contributed by atoms with Gasteiger partial charge in [0.25, 0.3) is 5.89 Å². The molecule has 0 aliphatic carbocycles. The fourth-order valence-electron chi connectivity index (χ4n) is 1.74. The number of nitrogens with zero attached hydrogens (tertiary/aromatic N) is 3. The first-order chi connectivity index (χ1) is 9.72. The maximum Gasteiger partial charge on any atom is 0.257 e. The summed E-state index contributed by atoms with van der Waals surface area (Å²) in [5.74, 6) is 1.07. The van der Waals surface area contributed by atoms with E-state index in [0.717, 1.165) is 11.4 Å². The van der Waals surface area contributed by atoms with E-state index in [-0.39, 0.29) is 5.91 Å². The SMILES string of the molecule is CCNC(=O)CN(CC)Cc1nnc(-c2cccs2)o1. The highest BCUT2D eigenvalue weighted by atomic mass is 32.1. The molecular formula is C13H18N4O2S. The van der Waals surface area contributed by atoms with E-state index in [9.17, 15) is 4.79 Å². The Morgan fingerprint density at radius 1 is 1.45 bits per heavy atom. The zero-order chi connectivity index (χ0) is 14.4. The van der Waals surface area contributed by atoms with Crippen molar-refractivity contribution < 1.29 is 9.21 Å². The highest BCUT2D eigenvalue weighted by Crippen LogP contribution is 2.23. The zero-order valence-corrected chi connectivity index (χ0v) is 12.4. The van der Waals surface area contributed by atoms with Crippen LogP contribution in [0.25, 0.3) is 10.8 Å². The second-order valence-corrected chi connectivity index (χ2v) is 5.18. The average molecular weight is 294 g/mol. The zero-order valence-electron chi connectivity index (χ0n) is 11.6. The normalized spacial score (nSPS) is 10.9. The molecule has 7 heteroatoms. The van der Waals surface area contributed by atoms with Crippen LogP contribution in [0.5, 0.6) is 0 Å². The van der Waals surface area contributed by atoms with E-state index in [4.69, 9.17) is 4.42 Å². The van der Waals surface area contributed by atoms with Crippen LogP contribution < -0.4 is 5.32 Å². The van der Waals surface area contributed by atoms with Gasteiger partial charge < -0.3 is 9.73 Å². The molecular weight excluding hydrogens is 276 g/mol. The van der Waals surface area contributed by atoms with E-state index in [1.807, 2.05) is 36.3 Å². The molecule has 0 aromatic carbocycles. The van der Waals surface area contributed by atoms with Gasteiger partial charge >= 0.3 is 0 Å². The number of thiophene rings is 1. The van der Waals surface area contributed by atoms with Crippen LogP contribution in [-0.2, 0) is 11.3 Å². The summed E-state index contributed by atoms with van der Waals surface area (Å²) in [7, 11) is 0. The number of carbonyl (C=O) groups excluding carboxylic acids is 1. The predicted octanol–water partition coefficient (Wildman–Crippen LogP) is 1.76. The van der Waals surface area contributed by atoms with Gasteiger partial charge in [0.1, 0.15) is 0 Å². The Balaban J connectivity index is 1.96. The number of aromatic nitrogens is 2. The summed E-state index contributed by atoms with van der Waals surface area (Å²) in [6, 6.07) is 3.88. The third-order valence-corrected chi connectivity index (χ3v) is 3.60. The first-order valence-electron chi connectivity index (χ1n) is 6.58. The van der Waals surface area contributed by atoms with Gasteiger partial charge in [-0.05, 0) is 24.9 Å². The smallest absolute Gasteiger partial charge is 0.257 e. The van der Waals surface area contributed by atoms with Crippen molar-refractivity contribution in [3.8, 4) is 10.8 Å². The van der Waals surface area contributed by atoms with Gasteiger partial charge in [-0.2, -0.15) is 0 Å². The van der Waals surface area contributed by atoms with Crippen LogP contribution >= 0.6 is 11.3 Å². The van der Waals surface area contributed by atoms with E-state index in [0.29, 0.717) is 31.4 Å². The average Bonchev–Trinajstić information content (AvgIpc) is 3.08. The van der Waals surface area contributed by atoms with Gasteiger partial charge in [0, 0.05) is 6.54 Å². The Morgan fingerprint density at radius 2 is 2.30 bits per heavy atom. The summed E-state index contributed by atoms with van der Waals surface area (Å²) in [6.45, 7) is 6.09. The molecule has 0 radical (unpaired) electrons. The Kier molecular flexibility index (Phi) is 5.25. The lowest BCUT2D eigenvalue weighted by Crippen LogP contribution is -2.36. The number of amides is 1. The fraction of sp³-hybridized carbons (Fsp3) is 0.462. The minimum absolute atomic E-state index is 0.00680. The predicted molar refractivity (Wildman–Crippen MR) is 77.2 cm³/mol. The Morgan fingerprint density at radius 3 is 2.95 bits per heavy atom. The molecule has 2 heterocycles. The summed E-state index contributed by atoms with van der Waals surface area (Å²) in [6.07, 6.45) is 0. The summed E-state index contributed by atoms with van der Waals surface area (Å²) >= 11 is 1.56. The van der Waals surface area contributed by atoms with Gasteiger partial charge in [-0.3, -0.25) is 9.69 Å². The van der Waals surface area contributed by atoms with Gasteiger partial charge in [0.05, 0.1) is 18.0 Å². The molecule has 0 spiro atoms. The summed E-state index contributed by atoms with van der Waals surface area (Å²) in [4.78, 5) is 14.5. The van der Waals surface area contributed by atoms with Crippen molar-refractivity contribution in [2.75, 3.05) is 19.6 Å². The van der Waals surface area contributed by atoms with E-state index in [2.05, 4.69) is 15.5 Å². The van der Waals surface area contributed by atoms with E-state index < -0.39 is 0 Å². The molecule has 0 atom stereocenters. The second kappa shape index (κ2) is 7.16. The molecule has 0 unspecified atom stereocenters. The maximum atomic E-state index is 11.6. The molecule has 2 rings (SSSR count). The summed E-state index contributed by atoms with van der Waals surface area (Å²) in [5.41, 5.74) is 0. The number of rotatable bonds is 7. The molecule has 0 aliphatic rings. The molecule has 0 saturated heterocycles. The molecule has 0 bridgehead atoms. The number of nitrogens with one attached hydrogen (secondary N) is 1. The third kappa shape index (κ3) is 3.88. The molecule has 1 N–H and O–H groups in total. The lowest BCUT2D eigenvalue weighted by Gasteiger charge is -2.17. The van der Waals surface area contributed by atoms with Crippen molar-refractivity contribution in [1.29, 1.82) is 0 Å². The molecule has 1 amide bonds. The molecule has 0 fully saturated rings. The minimum Gasteiger partial charge on any atom is -0.419 e. The second-order valence-electron chi connectivity index (χ2n) is 4.24. The van der Waals surface area contributed by atoms with Crippen LogP contribution in [0.15, 0.2) is 21.9 Å². The molecule has 6 nitrogen and oxygen atoms in total.